The van der Waals surface area contributed by atoms with Crippen LogP contribution < -0.4 is 15.6 Å². The predicted molar refractivity (Wildman–Crippen MR) is 115 cm³/mol. The Morgan fingerprint density at radius 3 is 2.47 bits per heavy atom. The van der Waals surface area contributed by atoms with Gasteiger partial charge in [0, 0.05) is 16.3 Å². The van der Waals surface area contributed by atoms with Gasteiger partial charge in [0.05, 0.1) is 12.6 Å². The van der Waals surface area contributed by atoms with Crippen LogP contribution in [0, 0.1) is 6.92 Å². The van der Waals surface area contributed by atoms with E-state index >= 15 is 0 Å². The maximum absolute atomic E-state index is 13.3. The topological polar surface area (TPSA) is 54.1 Å². The fraction of sp³-hybridized carbons (Fsp3) is 0.227. The molecule has 0 amide bonds. The van der Waals surface area contributed by atoms with Crippen molar-refractivity contribution in [1.29, 1.82) is 0 Å². The Balaban J connectivity index is 2.00. The van der Waals surface area contributed by atoms with E-state index in [1.54, 1.807) is 19.2 Å². The Morgan fingerprint density at radius 1 is 1.17 bits per heavy atom. The van der Waals surface area contributed by atoms with Gasteiger partial charge in [-0.15, -0.1) is 11.3 Å². The maximum atomic E-state index is 13.3. The minimum Gasteiger partial charge on any atom is -0.496 e. The van der Waals surface area contributed by atoms with E-state index in [4.69, 9.17) is 4.74 Å². The number of nitrogens with one attached hydrogen (secondary N) is 2. The van der Waals surface area contributed by atoms with Gasteiger partial charge in [-0.25, -0.2) is 0 Å². The molecule has 4 aromatic rings. The number of halogens is 3. The van der Waals surface area contributed by atoms with E-state index < -0.39 is 12.2 Å². The zero-order valence-electron chi connectivity index (χ0n) is 16.5. The molecule has 0 saturated heterocycles. The van der Waals surface area contributed by atoms with Crippen molar-refractivity contribution in [3.8, 4) is 16.9 Å². The molecule has 2 aromatic carbocycles. The Morgan fingerprint density at radius 2 is 1.87 bits per heavy atom. The van der Waals surface area contributed by atoms with E-state index in [0.29, 0.717) is 21.5 Å². The van der Waals surface area contributed by atoms with E-state index in [-0.39, 0.29) is 11.1 Å². The Labute approximate surface area is 174 Å². The molecular weight excluding hydrogens is 413 g/mol. The summed E-state index contributed by atoms with van der Waals surface area (Å²) in [4.78, 5) is 15.4. The number of benzene rings is 2. The van der Waals surface area contributed by atoms with Crippen LogP contribution in [0.1, 0.15) is 17.2 Å². The van der Waals surface area contributed by atoms with Crippen LogP contribution in [0.5, 0.6) is 5.75 Å². The number of hydrogen-bond acceptors (Lipinski definition) is 4. The number of rotatable bonds is 4. The van der Waals surface area contributed by atoms with E-state index in [9.17, 15) is 18.0 Å². The summed E-state index contributed by atoms with van der Waals surface area (Å²) in [6.07, 6.45) is -4.40. The molecule has 0 saturated carbocycles. The predicted octanol–water partition coefficient (Wildman–Crippen LogP) is 5.55. The first-order chi connectivity index (χ1) is 14.3. The van der Waals surface area contributed by atoms with Crippen molar-refractivity contribution in [2.45, 2.75) is 19.1 Å². The first kappa shape index (κ1) is 20.4. The largest absolute Gasteiger partial charge is 0.496 e. The molecule has 8 heteroatoms. The van der Waals surface area contributed by atoms with E-state index in [2.05, 4.69) is 10.3 Å². The van der Waals surface area contributed by atoms with Crippen molar-refractivity contribution in [3.05, 3.63) is 63.3 Å². The van der Waals surface area contributed by atoms with Gasteiger partial charge in [-0.1, -0.05) is 24.3 Å². The second-order valence-corrected chi connectivity index (χ2v) is 7.94. The van der Waals surface area contributed by atoms with Crippen molar-refractivity contribution < 1.29 is 17.9 Å². The molecular formula is C22H19F3N2O2S. The molecule has 0 fully saturated rings. The van der Waals surface area contributed by atoms with Gasteiger partial charge in [-0.3, -0.25) is 4.79 Å². The Hall–Kier alpha value is -2.84. The number of pyridine rings is 1. The molecule has 0 aliphatic heterocycles. The van der Waals surface area contributed by atoms with Gasteiger partial charge in [-0.2, -0.15) is 13.2 Å². The number of hydrogen-bond donors (Lipinski definition) is 2. The van der Waals surface area contributed by atoms with Crippen LogP contribution in [0.15, 0.2) is 46.6 Å². The van der Waals surface area contributed by atoms with Gasteiger partial charge in [-0.05, 0) is 48.2 Å². The van der Waals surface area contributed by atoms with Crippen LogP contribution in [0.4, 0.5) is 13.2 Å². The third-order valence-electron chi connectivity index (χ3n) is 5.24. The lowest BCUT2D eigenvalue weighted by Crippen LogP contribution is -2.31. The Bertz CT molecular complexity index is 1290. The number of alkyl halides is 3. The molecule has 0 aliphatic carbocycles. The smallest absolute Gasteiger partial charge is 0.407 e. The molecule has 0 bridgehead atoms. The van der Waals surface area contributed by atoms with E-state index in [1.807, 2.05) is 24.4 Å². The molecule has 156 valence electrons. The zero-order chi connectivity index (χ0) is 21.6. The number of H-pyrrole nitrogens is 1. The normalized spacial score (nSPS) is 13.1. The summed E-state index contributed by atoms with van der Waals surface area (Å²) in [6, 6.07) is 8.20. The third kappa shape index (κ3) is 3.26. The van der Waals surface area contributed by atoms with Crippen molar-refractivity contribution in [1.82, 2.24) is 10.3 Å². The summed E-state index contributed by atoms with van der Waals surface area (Å²) in [7, 11) is 2.84. The molecule has 4 rings (SSSR count). The molecule has 2 N–H and O–H groups in total. The number of aryl methyl sites for hydroxylation is 1. The molecule has 0 radical (unpaired) electrons. The van der Waals surface area contributed by atoms with Gasteiger partial charge in [0.15, 0.2) is 0 Å². The molecule has 2 aromatic heterocycles. The van der Waals surface area contributed by atoms with E-state index in [1.165, 1.54) is 30.5 Å². The van der Waals surface area contributed by atoms with Crippen molar-refractivity contribution in [2.24, 2.45) is 0 Å². The second-order valence-electron chi connectivity index (χ2n) is 7.02. The Kier molecular flexibility index (Phi) is 5.07. The zero-order valence-corrected chi connectivity index (χ0v) is 17.3. The summed E-state index contributed by atoms with van der Waals surface area (Å²) in [5, 5.41) is 5.78. The number of aromatic amines is 1. The second kappa shape index (κ2) is 7.45. The first-order valence-electron chi connectivity index (χ1n) is 9.21. The first-order valence-corrected chi connectivity index (χ1v) is 10.1. The highest BCUT2D eigenvalue weighted by Crippen LogP contribution is 2.42. The number of methoxy groups -OCH3 is 1. The minimum absolute atomic E-state index is 0.123. The van der Waals surface area contributed by atoms with Crippen LogP contribution in [0.3, 0.4) is 0 Å². The van der Waals surface area contributed by atoms with Crippen molar-refractivity contribution in [3.63, 3.8) is 0 Å². The summed E-state index contributed by atoms with van der Waals surface area (Å²) in [6.45, 7) is 1.88. The SMILES string of the molecule is CNC(c1ccc(-c2c(OC)cc(C)c3[nH]c(=O)c4sccc4c23)cc1)C(F)(F)F. The van der Waals surface area contributed by atoms with Gasteiger partial charge in [0.1, 0.15) is 16.5 Å². The summed E-state index contributed by atoms with van der Waals surface area (Å²) in [5.41, 5.74) is 2.94. The number of aromatic nitrogens is 1. The van der Waals surface area contributed by atoms with Crippen LogP contribution in [-0.2, 0) is 0 Å². The average molecular weight is 432 g/mol. The lowest BCUT2D eigenvalue weighted by Gasteiger charge is -2.21. The fourth-order valence-electron chi connectivity index (χ4n) is 3.88. The minimum atomic E-state index is -4.40. The quantitative estimate of drug-likeness (QED) is 0.445. The lowest BCUT2D eigenvalue weighted by atomic mass is 9.93. The molecule has 2 heterocycles. The van der Waals surface area contributed by atoms with Gasteiger partial charge >= 0.3 is 6.18 Å². The highest BCUT2D eigenvalue weighted by Gasteiger charge is 2.39. The fourth-order valence-corrected chi connectivity index (χ4v) is 4.67. The van der Waals surface area contributed by atoms with Crippen molar-refractivity contribution in [2.75, 3.05) is 14.2 Å². The van der Waals surface area contributed by atoms with Crippen LogP contribution in [-0.4, -0.2) is 25.3 Å². The lowest BCUT2D eigenvalue weighted by molar-refractivity contribution is -0.156. The number of ether oxygens (including phenoxy) is 1. The van der Waals surface area contributed by atoms with Crippen molar-refractivity contribution >= 4 is 32.3 Å². The molecule has 0 spiro atoms. The van der Waals surface area contributed by atoms with Crippen LogP contribution >= 0.6 is 11.3 Å². The molecule has 1 atom stereocenters. The third-order valence-corrected chi connectivity index (χ3v) is 6.15. The highest BCUT2D eigenvalue weighted by atomic mass is 32.1. The van der Waals surface area contributed by atoms with Crippen LogP contribution in [0.25, 0.3) is 32.1 Å². The summed E-state index contributed by atoms with van der Waals surface area (Å²) in [5.74, 6) is 0.591. The van der Waals surface area contributed by atoms with Gasteiger partial charge in [0.2, 0.25) is 0 Å². The summed E-state index contributed by atoms with van der Waals surface area (Å²) < 4.78 is 46.0. The highest BCUT2D eigenvalue weighted by molar-refractivity contribution is 7.17. The van der Waals surface area contributed by atoms with E-state index in [0.717, 1.165) is 21.9 Å². The van der Waals surface area contributed by atoms with Gasteiger partial charge < -0.3 is 15.0 Å². The standard InChI is InChI=1S/C22H19F3N2O2S/c1-11-10-15(29-3)16(17-14-8-9-30-19(14)21(28)27-18(11)17)12-4-6-13(7-5-12)20(26-2)22(23,24)25/h4-10,20,26H,1-3H3,(H,27,28). The summed E-state index contributed by atoms with van der Waals surface area (Å²) >= 11 is 1.35. The monoisotopic (exact) mass is 432 g/mol. The van der Waals surface area contributed by atoms with Crippen LogP contribution in [0.2, 0.25) is 0 Å². The maximum Gasteiger partial charge on any atom is 0.407 e. The molecule has 0 aliphatic rings. The molecule has 30 heavy (non-hydrogen) atoms. The van der Waals surface area contributed by atoms with Gasteiger partial charge in [0.25, 0.3) is 5.56 Å². The average Bonchev–Trinajstić information content (AvgIpc) is 3.19. The number of fused-ring (bicyclic) bond motifs is 3. The molecule has 4 nitrogen and oxygen atoms in total. The molecule has 1 unspecified atom stereocenters. The number of thiophene rings is 1.